The number of methoxy groups -OCH3 is 1. The Hall–Kier alpha value is 0.907. The number of hydrogen-bond acceptors (Lipinski definition) is 2. The van der Waals surface area contributed by atoms with Crippen LogP contribution in [-0.2, 0) is 4.74 Å². The molecule has 0 heterocycles. The van der Waals surface area contributed by atoms with Gasteiger partial charge in [0.1, 0.15) is 0 Å². The average Bonchev–Trinajstić information content (AvgIpc) is 1.69. The predicted octanol–water partition coefficient (Wildman–Crippen LogP) is -1.45. The number of rotatable bonds is 4. The van der Waals surface area contributed by atoms with Crippen molar-refractivity contribution >= 4 is 11.8 Å². The summed E-state index contributed by atoms with van der Waals surface area (Å²) < 4.78 is 4.78. The van der Waals surface area contributed by atoms with E-state index in [0.29, 0.717) is 0 Å². The summed E-state index contributed by atoms with van der Waals surface area (Å²) in [7, 11) is 1.70. The molecule has 0 amide bonds. The van der Waals surface area contributed by atoms with Crippen LogP contribution in [0.2, 0.25) is 0 Å². The maximum atomic E-state index is 4.78. The maximum absolute atomic E-state index is 4.78. The van der Waals surface area contributed by atoms with Crippen LogP contribution in [0.1, 0.15) is 6.42 Å². The quantitative estimate of drug-likeness (QED) is 0.197. The molecule has 0 fully saturated rings. The van der Waals surface area contributed by atoms with Crippen LogP contribution in [0, 0.1) is 6.92 Å². The van der Waals surface area contributed by atoms with Crippen molar-refractivity contribution in [3.63, 3.8) is 0 Å². The van der Waals surface area contributed by atoms with Gasteiger partial charge in [-0.1, -0.05) is 0 Å². The summed E-state index contributed by atoms with van der Waals surface area (Å²) in [6.07, 6.45) is 0.994. The van der Waals surface area contributed by atoms with E-state index in [1.807, 2.05) is 0 Å². The fraction of sp³-hybridized carbons (Fsp3) is 0.800. The minimum absolute atomic E-state index is 0. The number of hydrogen-bond donors (Lipinski definition) is 0. The van der Waals surface area contributed by atoms with Gasteiger partial charge in [0.25, 0.3) is 0 Å². The van der Waals surface area contributed by atoms with Crippen molar-refractivity contribution in [2.24, 2.45) is 0 Å². The standard InChI is InChI=1S/C5H11OS.Li/c1-3-4-7-5-6-2;/h1,3-5H2,2H3;/q-1;+1. The molecule has 0 saturated carbocycles. The molecule has 0 aliphatic rings. The Morgan fingerprint density at radius 1 is 1.62 bits per heavy atom. The fourth-order valence-electron chi connectivity index (χ4n) is 0.244. The molecular weight excluding hydrogens is 115 g/mol. The van der Waals surface area contributed by atoms with E-state index < -0.39 is 0 Å². The van der Waals surface area contributed by atoms with Crippen LogP contribution >= 0.6 is 11.8 Å². The molecule has 0 aromatic rings. The molecule has 1 nitrogen and oxygen atoms in total. The molecule has 0 saturated heterocycles. The molecule has 3 heteroatoms. The van der Waals surface area contributed by atoms with E-state index in [2.05, 4.69) is 6.92 Å². The predicted molar refractivity (Wildman–Crippen MR) is 34.3 cm³/mol. The van der Waals surface area contributed by atoms with Gasteiger partial charge in [0.2, 0.25) is 0 Å². The van der Waals surface area contributed by atoms with Crippen LogP contribution in [0.4, 0.5) is 0 Å². The zero-order valence-electron chi connectivity index (χ0n) is 5.64. The van der Waals surface area contributed by atoms with Crippen molar-refractivity contribution in [2.45, 2.75) is 6.42 Å². The second kappa shape index (κ2) is 10.8. The van der Waals surface area contributed by atoms with Gasteiger partial charge in [-0.2, -0.15) is 6.42 Å². The van der Waals surface area contributed by atoms with Crippen molar-refractivity contribution in [1.29, 1.82) is 0 Å². The van der Waals surface area contributed by atoms with Gasteiger partial charge in [-0.25, -0.2) is 0 Å². The summed E-state index contributed by atoms with van der Waals surface area (Å²) >= 11 is 1.77. The van der Waals surface area contributed by atoms with Crippen molar-refractivity contribution in [3.8, 4) is 0 Å². The summed E-state index contributed by atoms with van der Waals surface area (Å²) in [4.78, 5) is 0. The molecule has 0 aliphatic heterocycles. The van der Waals surface area contributed by atoms with Gasteiger partial charge in [0, 0.05) is 7.11 Å². The Kier molecular flexibility index (Phi) is 15.8. The third-order valence-electron chi connectivity index (χ3n) is 0.490. The van der Waals surface area contributed by atoms with Crippen LogP contribution < -0.4 is 18.9 Å². The first-order valence-corrected chi connectivity index (χ1v) is 3.43. The molecule has 0 aromatic heterocycles. The molecule has 0 aliphatic carbocycles. The van der Waals surface area contributed by atoms with Gasteiger partial charge in [0.05, 0.1) is 5.94 Å². The molecule has 0 bridgehead atoms. The smallest absolute Gasteiger partial charge is 0.374 e. The first kappa shape index (κ1) is 11.7. The SMILES string of the molecule is [CH2-]CCSCOC.[Li+]. The third-order valence-corrected chi connectivity index (χ3v) is 1.47. The topological polar surface area (TPSA) is 9.23 Å². The minimum Gasteiger partial charge on any atom is -0.374 e. The van der Waals surface area contributed by atoms with Crippen molar-refractivity contribution in [3.05, 3.63) is 6.92 Å². The summed E-state index contributed by atoms with van der Waals surface area (Å²) in [5.74, 6) is 1.91. The van der Waals surface area contributed by atoms with Crippen LogP contribution in [0.15, 0.2) is 0 Å². The largest absolute Gasteiger partial charge is 1.00 e. The molecule has 0 radical (unpaired) electrons. The Bertz CT molecular complexity index is 31.6. The van der Waals surface area contributed by atoms with Crippen LogP contribution in [-0.4, -0.2) is 18.8 Å². The molecule has 44 valence electrons. The van der Waals surface area contributed by atoms with E-state index in [-0.39, 0.29) is 18.9 Å². The zero-order valence-corrected chi connectivity index (χ0v) is 6.46. The Morgan fingerprint density at radius 3 is 2.62 bits per heavy atom. The van der Waals surface area contributed by atoms with Gasteiger partial charge in [0.15, 0.2) is 0 Å². The van der Waals surface area contributed by atoms with E-state index in [0.717, 1.165) is 18.1 Å². The monoisotopic (exact) mass is 126 g/mol. The second-order valence-electron chi connectivity index (χ2n) is 1.17. The minimum atomic E-state index is 0. The molecule has 0 N–H and O–H groups in total. The van der Waals surface area contributed by atoms with E-state index in [1.165, 1.54) is 0 Å². The molecule has 8 heavy (non-hydrogen) atoms. The van der Waals surface area contributed by atoms with Gasteiger partial charge in [-0.05, 0) is 5.75 Å². The van der Waals surface area contributed by atoms with Crippen LogP contribution in [0.5, 0.6) is 0 Å². The first-order valence-electron chi connectivity index (χ1n) is 2.27. The molecule has 0 atom stereocenters. The molecule has 0 aromatic carbocycles. The molecular formula is C5H11LiOS. The Labute approximate surface area is 67.7 Å². The normalized spacial score (nSPS) is 8.25. The van der Waals surface area contributed by atoms with Gasteiger partial charge < -0.3 is 11.7 Å². The van der Waals surface area contributed by atoms with E-state index in [9.17, 15) is 0 Å². The first-order chi connectivity index (χ1) is 3.41. The van der Waals surface area contributed by atoms with E-state index in [1.54, 1.807) is 18.9 Å². The summed E-state index contributed by atoms with van der Waals surface area (Å²) in [6, 6.07) is 0. The third kappa shape index (κ3) is 10.0. The Morgan fingerprint density at radius 2 is 2.25 bits per heavy atom. The number of ether oxygens (including phenoxy) is 1. The maximum Gasteiger partial charge on any atom is 1.00 e. The number of thioether (sulfide) groups is 1. The van der Waals surface area contributed by atoms with Crippen molar-refractivity contribution < 1.29 is 23.6 Å². The van der Waals surface area contributed by atoms with Gasteiger partial charge in [-0.15, -0.1) is 11.8 Å². The molecule has 0 spiro atoms. The van der Waals surface area contributed by atoms with Crippen molar-refractivity contribution in [2.75, 3.05) is 18.8 Å². The Balaban J connectivity index is 0. The summed E-state index contributed by atoms with van der Waals surface area (Å²) in [5.41, 5.74) is 0. The van der Waals surface area contributed by atoms with E-state index in [4.69, 9.17) is 4.74 Å². The van der Waals surface area contributed by atoms with Gasteiger partial charge in [-0.3, -0.25) is 0 Å². The second-order valence-corrected chi connectivity index (χ2v) is 2.22. The van der Waals surface area contributed by atoms with Crippen LogP contribution in [0.3, 0.4) is 0 Å². The summed E-state index contributed by atoms with van der Waals surface area (Å²) in [5, 5.41) is 0. The van der Waals surface area contributed by atoms with Crippen molar-refractivity contribution in [1.82, 2.24) is 0 Å². The zero-order chi connectivity index (χ0) is 5.54. The van der Waals surface area contributed by atoms with Gasteiger partial charge >= 0.3 is 18.9 Å². The molecule has 0 rings (SSSR count). The fourth-order valence-corrected chi connectivity index (χ4v) is 0.733. The average molecular weight is 126 g/mol. The van der Waals surface area contributed by atoms with E-state index >= 15 is 0 Å². The summed E-state index contributed by atoms with van der Waals surface area (Å²) in [6.45, 7) is 3.68. The molecule has 0 unspecified atom stereocenters. The van der Waals surface area contributed by atoms with Crippen LogP contribution in [0.25, 0.3) is 0 Å².